The van der Waals surface area contributed by atoms with Crippen LogP contribution in [0.3, 0.4) is 0 Å². The van der Waals surface area contributed by atoms with Crippen LogP contribution >= 0.6 is 0 Å². The van der Waals surface area contributed by atoms with Crippen molar-refractivity contribution in [3.8, 4) is 0 Å². The van der Waals surface area contributed by atoms with E-state index < -0.39 is 0 Å². The molecule has 3 heteroatoms. The van der Waals surface area contributed by atoms with Crippen molar-refractivity contribution in [3.05, 3.63) is 0 Å². The van der Waals surface area contributed by atoms with Gasteiger partial charge in [-0.3, -0.25) is 4.90 Å². The minimum atomic E-state index is 0.680. The lowest BCUT2D eigenvalue weighted by atomic mass is 10.1. The first-order valence-electron chi connectivity index (χ1n) is 5.04. The van der Waals surface area contributed by atoms with E-state index in [1.165, 1.54) is 32.6 Å². The van der Waals surface area contributed by atoms with Crippen LogP contribution in [0.1, 0.15) is 13.3 Å². The van der Waals surface area contributed by atoms with Crippen LogP contribution in [0.4, 0.5) is 0 Å². The van der Waals surface area contributed by atoms with Gasteiger partial charge in [0.1, 0.15) is 0 Å². The van der Waals surface area contributed by atoms with Crippen LogP contribution in [0.15, 0.2) is 0 Å². The van der Waals surface area contributed by atoms with E-state index >= 15 is 0 Å². The fourth-order valence-corrected chi connectivity index (χ4v) is 2.24. The molecule has 0 aromatic carbocycles. The molecule has 0 radical (unpaired) electrons. The van der Waals surface area contributed by atoms with Crippen molar-refractivity contribution < 1.29 is 0 Å². The number of rotatable bonds is 1. The van der Waals surface area contributed by atoms with Crippen LogP contribution in [0.2, 0.25) is 0 Å². The van der Waals surface area contributed by atoms with Crippen LogP contribution in [0.25, 0.3) is 0 Å². The quantitative estimate of drug-likeness (QED) is 0.561. The average Bonchev–Trinajstić information content (AvgIpc) is 2.56. The van der Waals surface area contributed by atoms with E-state index in [-0.39, 0.29) is 0 Å². The van der Waals surface area contributed by atoms with Crippen molar-refractivity contribution in [1.29, 1.82) is 0 Å². The smallest absolute Gasteiger partial charge is 0.0233 e. The predicted octanol–water partition coefficient (Wildman–Crippen LogP) is -0.358. The van der Waals surface area contributed by atoms with Crippen molar-refractivity contribution in [2.45, 2.75) is 25.4 Å². The summed E-state index contributed by atoms with van der Waals surface area (Å²) >= 11 is 0. The third-order valence-corrected chi connectivity index (χ3v) is 2.95. The number of nitrogens with one attached hydrogen (secondary N) is 2. The number of piperazine rings is 1. The van der Waals surface area contributed by atoms with E-state index in [0.717, 1.165) is 12.6 Å². The van der Waals surface area contributed by atoms with Gasteiger partial charge in [-0.05, 0) is 19.9 Å². The molecule has 3 nitrogen and oxygen atoms in total. The zero-order valence-electron chi connectivity index (χ0n) is 7.84. The normalized spacial score (nSPS) is 38.8. The topological polar surface area (TPSA) is 27.3 Å². The van der Waals surface area contributed by atoms with Gasteiger partial charge in [0.25, 0.3) is 0 Å². The summed E-state index contributed by atoms with van der Waals surface area (Å²) in [4.78, 5) is 2.63. The minimum Gasteiger partial charge on any atom is -0.315 e. The van der Waals surface area contributed by atoms with Gasteiger partial charge in [0.15, 0.2) is 0 Å². The predicted molar refractivity (Wildman–Crippen MR) is 50.3 cm³/mol. The first kappa shape index (κ1) is 8.48. The van der Waals surface area contributed by atoms with Crippen LogP contribution in [-0.4, -0.2) is 49.7 Å². The van der Waals surface area contributed by atoms with Gasteiger partial charge < -0.3 is 10.6 Å². The second-order valence-electron chi connectivity index (χ2n) is 4.00. The molecule has 2 saturated heterocycles. The van der Waals surface area contributed by atoms with Crippen molar-refractivity contribution >= 4 is 0 Å². The largest absolute Gasteiger partial charge is 0.315 e. The average molecular weight is 169 g/mol. The molecule has 2 aliphatic rings. The van der Waals surface area contributed by atoms with E-state index in [4.69, 9.17) is 0 Å². The zero-order valence-corrected chi connectivity index (χ0v) is 7.84. The standard InChI is InChI=1S/C9H19N3/c1-8-7-12(5-4-11-8)9-2-3-10-6-9/h8-11H,2-7H2,1H3. The van der Waals surface area contributed by atoms with E-state index in [1.807, 2.05) is 0 Å². The lowest BCUT2D eigenvalue weighted by Crippen LogP contribution is -2.53. The van der Waals surface area contributed by atoms with Gasteiger partial charge in [-0.25, -0.2) is 0 Å². The highest BCUT2D eigenvalue weighted by atomic mass is 15.2. The summed E-state index contributed by atoms with van der Waals surface area (Å²) < 4.78 is 0. The third-order valence-electron chi connectivity index (χ3n) is 2.95. The zero-order chi connectivity index (χ0) is 8.39. The van der Waals surface area contributed by atoms with Crippen molar-refractivity contribution in [1.82, 2.24) is 15.5 Å². The van der Waals surface area contributed by atoms with Gasteiger partial charge in [-0.1, -0.05) is 0 Å². The summed E-state index contributed by atoms with van der Waals surface area (Å²) in [5.74, 6) is 0. The maximum Gasteiger partial charge on any atom is 0.0233 e. The summed E-state index contributed by atoms with van der Waals surface area (Å²) in [7, 11) is 0. The van der Waals surface area contributed by atoms with Gasteiger partial charge in [-0.15, -0.1) is 0 Å². The Morgan fingerprint density at radius 1 is 1.33 bits per heavy atom. The van der Waals surface area contributed by atoms with E-state index in [0.29, 0.717) is 6.04 Å². The van der Waals surface area contributed by atoms with Gasteiger partial charge in [0.05, 0.1) is 0 Å². The highest BCUT2D eigenvalue weighted by molar-refractivity contribution is 4.85. The summed E-state index contributed by atoms with van der Waals surface area (Å²) in [5, 5.41) is 6.90. The summed E-state index contributed by atoms with van der Waals surface area (Å²) in [6, 6.07) is 1.49. The Bertz CT molecular complexity index is 143. The molecule has 0 bridgehead atoms. The molecule has 70 valence electrons. The number of nitrogens with zero attached hydrogens (tertiary/aromatic N) is 1. The molecule has 2 fully saturated rings. The first-order valence-corrected chi connectivity index (χ1v) is 5.04. The van der Waals surface area contributed by atoms with Crippen molar-refractivity contribution in [2.75, 3.05) is 32.7 Å². The molecule has 12 heavy (non-hydrogen) atoms. The van der Waals surface area contributed by atoms with Crippen LogP contribution in [0.5, 0.6) is 0 Å². The van der Waals surface area contributed by atoms with Crippen LogP contribution in [-0.2, 0) is 0 Å². The van der Waals surface area contributed by atoms with Crippen molar-refractivity contribution in [3.63, 3.8) is 0 Å². The van der Waals surface area contributed by atoms with Crippen LogP contribution < -0.4 is 10.6 Å². The Hall–Kier alpha value is -0.120. The Labute approximate surface area is 74.5 Å². The summed E-state index contributed by atoms with van der Waals surface area (Å²) in [6.07, 6.45) is 1.34. The first-order chi connectivity index (χ1) is 5.86. The summed E-state index contributed by atoms with van der Waals surface area (Å²) in [5.41, 5.74) is 0. The molecular weight excluding hydrogens is 150 g/mol. The molecule has 0 spiro atoms. The second-order valence-corrected chi connectivity index (χ2v) is 4.00. The SMILES string of the molecule is CC1CN(C2CCNC2)CCN1. The Balaban J connectivity index is 1.85. The Morgan fingerprint density at radius 2 is 2.25 bits per heavy atom. The van der Waals surface area contributed by atoms with Crippen molar-refractivity contribution in [2.24, 2.45) is 0 Å². The summed E-state index contributed by atoms with van der Waals surface area (Å²) in [6.45, 7) is 8.31. The lowest BCUT2D eigenvalue weighted by molar-refractivity contribution is 0.158. The highest BCUT2D eigenvalue weighted by Crippen LogP contribution is 2.10. The lowest BCUT2D eigenvalue weighted by Gasteiger charge is -2.35. The molecule has 2 rings (SSSR count). The van der Waals surface area contributed by atoms with E-state index in [2.05, 4.69) is 22.5 Å². The fraction of sp³-hybridized carbons (Fsp3) is 1.00. The molecule has 0 amide bonds. The molecule has 2 unspecified atom stereocenters. The second kappa shape index (κ2) is 3.73. The molecule has 2 atom stereocenters. The van der Waals surface area contributed by atoms with E-state index in [9.17, 15) is 0 Å². The Kier molecular flexibility index (Phi) is 2.63. The van der Waals surface area contributed by atoms with E-state index in [1.54, 1.807) is 0 Å². The highest BCUT2D eigenvalue weighted by Gasteiger charge is 2.25. The van der Waals surface area contributed by atoms with Gasteiger partial charge in [-0.2, -0.15) is 0 Å². The molecule has 0 aromatic rings. The molecule has 0 aliphatic carbocycles. The Morgan fingerprint density at radius 3 is 2.92 bits per heavy atom. The maximum atomic E-state index is 3.47. The van der Waals surface area contributed by atoms with Crippen LogP contribution in [0, 0.1) is 0 Å². The molecule has 0 aromatic heterocycles. The molecule has 2 aliphatic heterocycles. The third kappa shape index (κ3) is 1.79. The number of hydrogen-bond acceptors (Lipinski definition) is 3. The van der Waals surface area contributed by atoms with Gasteiger partial charge in [0.2, 0.25) is 0 Å². The van der Waals surface area contributed by atoms with Gasteiger partial charge in [0, 0.05) is 38.3 Å². The maximum absolute atomic E-state index is 3.47. The molecule has 0 saturated carbocycles. The monoisotopic (exact) mass is 169 g/mol. The molecule has 2 heterocycles. The fourth-order valence-electron chi connectivity index (χ4n) is 2.24. The molecule has 2 N–H and O–H groups in total. The molecular formula is C9H19N3. The van der Waals surface area contributed by atoms with Gasteiger partial charge >= 0.3 is 0 Å². The number of hydrogen-bond donors (Lipinski definition) is 2. The minimum absolute atomic E-state index is 0.680.